The summed E-state index contributed by atoms with van der Waals surface area (Å²) < 4.78 is 31.0. The van der Waals surface area contributed by atoms with E-state index in [-0.39, 0.29) is 23.5 Å². The summed E-state index contributed by atoms with van der Waals surface area (Å²) in [6.07, 6.45) is 4.20. The molecule has 9 heteroatoms. The van der Waals surface area contributed by atoms with Crippen LogP contribution in [0, 0.1) is 6.92 Å². The van der Waals surface area contributed by atoms with Gasteiger partial charge in [-0.2, -0.15) is 5.10 Å². The van der Waals surface area contributed by atoms with Gasteiger partial charge in [0.2, 0.25) is 0 Å². The number of nitrogens with zero attached hydrogens (tertiary/aromatic N) is 3. The van der Waals surface area contributed by atoms with Crippen molar-refractivity contribution in [3.63, 3.8) is 0 Å². The molecule has 1 saturated carbocycles. The predicted octanol–water partition coefficient (Wildman–Crippen LogP) is 2.50. The van der Waals surface area contributed by atoms with E-state index < -0.39 is 9.84 Å². The van der Waals surface area contributed by atoms with Crippen LogP contribution in [0.3, 0.4) is 0 Å². The quantitative estimate of drug-likeness (QED) is 0.687. The lowest BCUT2D eigenvalue weighted by Crippen LogP contribution is -2.23. The number of nitrogens with one attached hydrogen (secondary N) is 1. The first-order valence-corrected chi connectivity index (χ1v) is 11.6. The molecule has 5 rings (SSSR count). The monoisotopic (exact) mass is 414 g/mol. The predicted molar refractivity (Wildman–Crippen MR) is 106 cm³/mol. The van der Waals surface area contributed by atoms with Crippen molar-refractivity contribution in [2.75, 3.05) is 11.5 Å². The fourth-order valence-electron chi connectivity index (χ4n) is 4.00. The Labute approximate surface area is 168 Å². The minimum atomic E-state index is -3.06. The molecule has 1 saturated heterocycles. The summed E-state index contributed by atoms with van der Waals surface area (Å²) in [5, 5.41) is 8.20. The van der Waals surface area contributed by atoms with Gasteiger partial charge in [-0.3, -0.25) is 4.79 Å². The first-order chi connectivity index (χ1) is 13.9. The molecular weight excluding hydrogens is 392 g/mol. The van der Waals surface area contributed by atoms with Crippen LogP contribution < -0.4 is 5.32 Å². The standard InChI is InChI=1S/C20H22N4O4S/c1-12-18-16(20(25)21-10-15-3-2-7-28-15)9-17(13-4-5-13)22-19(18)24(23-12)14-6-8-29(26,27)11-14/h2-3,7,9,13-14H,4-6,8,10-11H2,1H3,(H,21,25)/t14-/m0/s1. The zero-order valence-corrected chi connectivity index (χ0v) is 16.9. The minimum Gasteiger partial charge on any atom is -0.467 e. The molecule has 1 N–H and O–H groups in total. The highest BCUT2D eigenvalue weighted by Crippen LogP contribution is 2.41. The Morgan fingerprint density at radius 3 is 2.83 bits per heavy atom. The first-order valence-electron chi connectivity index (χ1n) is 9.82. The van der Waals surface area contributed by atoms with Crippen LogP contribution in [-0.4, -0.2) is 40.6 Å². The van der Waals surface area contributed by atoms with Crippen molar-refractivity contribution in [2.24, 2.45) is 0 Å². The molecule has 8 nitrogen and oxygen atoms in total. The number of sulfone groups is 1. The van der Waals surface area contributed by atoms with E-state index in [2.05, 4.69) is 10.4 Å². The Kier molecular flexibility index (Phi) is 4.23. The minimum absolute atomic E-state index is 0.0680. The number of hydrogen-bond donors (Lipinski definition) is 1. The van der Waals surface area contributed by atoms with Crippen LogP contribution in [0.4, 0.5) is 0 Å². The van der Waals surface area contributed by atoms with Gasteiger partial charge in [0.25, 0.3) is 5.91 Å². The van der Waals surface area contributed by atoms with Crippen molar-refractivity contribution in [3.05, 3.63) is 47.2 Å². The zero-order chi connectivity index (χ0) is 20.2. The van der Waals surface area contributed by atoms with Crippen molar-refractivity contribution in [1.29, 1.82) is 0 Å². The van der Waals surface area contributed by atoms with E-state index in [0.717, 1.165) is 18.5 Å². The number of aryl methyl sites for hydroxylation is 1. The highest BCUT2D eigenvalue weighted by molar-refractivity contribution is 7.91. The van der Waals surface area contributed by atoms with Crippen molar-refractivity contribution in [1.82, 2.24) is 20.1 Å². The number of aromatic nitrogens is 3. The molecule has 3 aromatic rings. The third-order valence-electron chi connectivity index (χ3n) is 5.65. The molecular formula is C20H22N4O4S. The van der Waals surface area contributed by atoms with Crippen molar-refractivity contribution >= 4 is 26.8 Å². The molecule has 1 amide bonds. The molecule has 2 aliphatic rings. The lowest BCUT2D eigenvalue weighted by Gasteiger charge is -2.12. The van der Waals surface area contributed by atoms with E-state index in [1.807, 2.05) is 19.1 Å². The molecule has 0 aromatic carbocycles. The topological polar surface area (TPSA) is 107 Å². The Balaban J connectivity index is 1.57. The van der Waals surface area contributed by atoms with Gasteiger partial charge in [-0.1, -0.05) is 0 Å². The van der Waals surface area contributed by atoms with Gasteiger partial charge < -0.3 is 9.73 Å². The van der Waals surface area contributed by atoms with Crippen molar-refractivity contribution in [3.8, 4) is 0 Å². The summed E-state index contributed by atoms with van der Waals surface area (Å²) in [6, 6.07) is 5.21. The molecule has 4 heterocycles. The maximum atomic E-state index is 13.0. The largest absolute Gasteiger partial charge is 0.467 e. The van der Waals surface area contributed by atoms with Crippen LogP contribution in [0.2, 0.25) is 0 Å². The SMILES string of the molecule is Cc1nn([C@H]2CCS(=O)(=O)C2)c2nc(C3CC3)cc(C(=O)NCc3ccco3)c12. The number of pyridine rings is 1. The normalized spacial score (nSPS) is 20.9. The third-order valence-corrected chi connectivity index (χ3v) is 7.40. The maximum absolute atomic E-state index is 13.0. The molecule has 0 unspecified atom stereocenters. The summed E-state index contributed by atoms with van der Waals surface area (Å²) in [7, 11) is -3.06. The van der Waals surface area contributed by atoms with Crippen LogP contribution in [-0.2, 0) is 16.4 Å². The van der Waals surface area contributed by atoms with Crippen LogP contribution in [0.5, 0.6) is 0 Å². The first kappa shape index (κ1) is 18.4. The summed E-state index contributed by atoms with van der Waals surface area (Å²) in [6.45, 7) is 2.13. The average Bonchev–Trinajstić information content (AvgIpc) is 3.13. The molecule has 29 heavy (non-hydrogen) atoms. The Morgan fingerprint density at radius 2 is 2.17 bits per heavy atom. The fraction of sp³-hybridized carbons (Fsp3) is 0.450. The van der Waals surface area contributed by atoms with Crippen molar-refractivity contribution in [2.45, 2.75) is 44.7 Å². The Morgan fingerprint density at radius 1 is 1.34 bits per heavy atom. The lowest BCUT2D eigenvalue weighted by molar-refractivity contribution is 0.0949. The number of furan rings is 1. The molecule has 3 aromatic heterocycles. The Bertz CT molecular complexity index is 1190. The summed E-state index contributed by atoms with van der Waals surface area (Å²) >= 11 is 0. The third kappa shape index (κ3) is 3.43. The van der Waals surface area contributed by atoms with Crippen LogP contribution >= 0.6 is 0 Å². The van der Waals surface area contributed by atoms with E-state index in [1.165, 1.54) is 0 Å². The lowest BCUT2D eigenvalue weighted by atomic mass is 10.1. The summed E-state index contributed by atoms with van der Waals surface area (Å²) in [4.78, 5) is 17.8. The van der Waals surface area contributed by atoms with Gasteiger partial charge in [-0.15, -0.1) is 0 Å². The second-order valence-electron chi connectivity index (χ2n) is 7.92. The second-order valence-corrected chi connectivity index (χ2v) is 10.1. The number of fused-ring (bicyclic) bond motifs is 1. The van der Waals surface area contributed by atoms with Crippen molar-refractivity contribution < 1.29 is 17.6 Å². The van der Waals surface area contributed by atoms with Crippen LogP contribution in [0.15, 0.2) is 28.9 Å². The van der Waals surface area contributed by atoms with E-state index >= 15 is 0 Å². The van der Waals surface area contributed by atoms with Gasteiger partial charge >= 0.3 is 0 Å². The number of carbonyl (C=O) groups is 1. The summed E-state index contributed by atoms with van der Waals surface area (Å²) in [5.41, 5.74) is 2.70. The maximum Gasteiger partial charge on any atom is 0.252 e. The van der Waals surface area contributed by atoms with E-state index in [4.69, 9.17) is 9.40 Å². The molecule has 152 valence electrons. The second kappa shape index (κ2) is 6.69. The Hall–Kier alpha value is -2.68. The molecule has 0 bridgehead atoms. The number of carbonyl (C=O) groups excluding carboxylic acids is 1. The molecule has 0 spiro atoms. The highest BCUT2D eigenvalue weighted by atomic mass is 32.2. The average molecular weight is 414 g/mol. The van der Waals surface area contributed by atoms with E-state index in [0.29, 0.717) is 46.9 Å². The van der Waals surface area contributed by atoms with Gasteiger partial charge in [0.1, 0.15) is 5.76 Å². The highest BCUT2D eigenvalue weighted by Gasteiger charge is 2.34. The number of rotatable bonds is 5. The number of hydrogen-bond acceptors (Lipinski definition) is 6. The molecule has 2 fully saturated rings. The molecule has 1 aliphatic carbocycles. The van der Waals surface area contributed by atoms with E-state index in [9.17, 15) is 13.2 Å². The zero-order valence-electron chi connectivity index (χ0n) is 16.1. The van der Waals surface area contributed by atoms with E-state index in [1.54, 1.807) is 17.0 Å². The molecule has 1 atom stereocenters. The molecule has 1 aliphatic heterocycles. The van der Waals surface area contributed by atoms with Gasteiger partial charge in [0.15, 0.2) is 15.5 Å². The van der Waals surface area contributed by atoms with Crippen LogP contribution in [0.25, 0.3) is 11.0 Å². The van der Waals surface area contributed by atoms with Gasteiger partial charge in [-0.05, 0) is 44.4 Å². The fourth-order valence-corrected chi connectivity index (χ4v) is 5.69. The molecule has 0 radical (unpaired) electrons. The van der Waals surface area contributed by atoms with Gasteiger partial charge in [0.05, 0.1) is 47.0 Å². The summed E-state index contributed by atoms with van der Waals surface area (Å²) in [5.74, 6) is 1.05. The smallest absolute Gasteiger partial charge is 0.252 e. The van der Waals surface area contributed by atoms with Crippen LogP contribution in [0.1, 0.15) is 58.7 Å². The van der Waals surface area contributed by atoms with Gasteiger partial charge in [0, 0.05) is 11.6 Å². The number of amides is 1. The van der Waals surface area contributed by atoms with Gasteiger partial charge in [-0.25, -0.2) is 18.1 Å².